The van der Waals surface area contributed by atoms with Crippen LogP contribution in [0.25, 0.3) is 22.0 Å². The van der Waals surface area contributed by atoms with Gasteiger partial charge < -0.3 is 9.72 Å². The largest absolute Gasteiger partial charge is 0.496 e. The number of hydrogen-bond donors (Lipinski definition) is 1. The van der Waals surface area contributed by atoms with Gasteiger partial charge in [-0.1, -0.05) is 87.7 Å². The lowest BCUT2D eigenvalue weighted by molar-refractivity contribution is 0.0709. The van der Waals surface area contributed by atoms with Gasteiger partial charge in [0, 0.05) is 37.9 Å². The maximum absolute atomic E-state index is 14.0. The summed E-state index contributed by atoms with van der Waals surface area (Å²) in [6.45, 7) is 0. The van der Waals surface area contributed by atoms with Crippen LogP contribution in [0.4, 0.5) is 0 Å². The molecular weight excluding hydrogens is 625 g/mol. The first kappa shape index (κ1) is 27.3. The Kier molecular flexibility index (Phi) is 7.43. The number of halogens is 3. The smallest absolute Gasteiger partial charge is 0.276 e. The predicted molar refractivity (Wildman–Crippen MR) is 167 cm³/mol. The number of ether oxygens (including phenoxy) is 1. The van der Waals surface area contributed by atoms with Gasteiger partial charge in [-0.25, -0.2) is 5.01 Å². The summed E-state index contributed by atoms with van der Waals surface area (Å²) in [5.74, 6) is 0.187. The van der Waals surface area contributed by atoms with Gasteiger partial charge in [0.25, 0.3) is 11.5 Å². The van der Waals surface area contributed by atoms with Crippen LogP contribution in [-0.2, 0) is 0 Å². The first-order chi connectivity index (χ1) is 19.9. The Morgan fingerprint density at radius 2 is 1.73 bits per heavy atom. The molecule has 0 unspecified atom stereocenters. The minimum Gasteiger partial charge on any atom is -0.496 e. The van der Waals surface area contributed by atoms with Crippen molar-refractivity contribution in [3.05, 3.63) is 133 Å². The van der Waals surface area contributed by atoms with Gasteiger partial charge in [-0.2, -0.15) is 5.10 Å². The van der Waals surface area contributed by atoms with Crippen LogP contribution in [0.3, 0.4) is 0 Å². The van der Waals surface area contributed by atoms with Crippen molar-refractivity contribution in [3.8, 4) is 16.9 Å². The number of amides is 1. The minimum atomic E-state index is -0.554. The molecule has 1 N–H and O–H groups in total. The molecule has 6 nitrogen and oxygen atoms in total. The molecule has 0 radical (unpaired) electrons. The molecule has 0 spiro atoms. The monoisotopic (exact) mass is 645 g/mol. The Hall–Kier alpha value is -3.91. The van der Waals surface area contributed by atoms with Crippen molar-refractivity contribution >= 4 is 61.7 Å². The number of benzene rings is 4. The van der Waals surface area contributed by atoms with Crippen molar-refractivity contribution in [2.45, 2.75) is 12.5 Å². The van der Waals surface area contributed by atoms with Crippen molar-refractivity contribution in [1.82, 2.24) is 9.99 Å². The Bertz CT molecular complexity index is 1910. The second-order valence-electron chi connectivity index (χ2n) is 9.54. The van der Waals surface area contributed by atoms with Gasteiger partial charge >= 0.3 is 0 Å². The molecule has 0 aliphatic carbocycles. The molecule has 1 aliphatic rings. The molecular formula is C32H22BrCl2N3O3. The Labute approximate surface area is 254 Å². The third kappa shape index (κ3) is 5.05. The number of carbonyl (C=O) groups is 1. The number of hydrogen-bond acceptors (Lipinski definition) is 4. The number of para-hydroxylation sites is 1. The number of methoxy groups -OCH3 is 1. The second-order valence-corrected chi connectivity index (χ2v) is 11.3. The molecule has 0 bridgehead atoms. The lowest BCUT2D eigenvalue weighted by atomic mass is 9.91. The number of hydrazone groups is 1. The summed E-state index contributed by atoms with van der Waals surface area (Å²) in [7, 11) is 1.58. The molecule has 41 heavy (non-hydrogen) atoms. The fourth-order valence-electron chi connectivity index (χ4n) is 5.26. The van der Waals surface area contributed by atoms with Crippen LogP contribution in [-0.4, -0.2) is 28.7 Å². The lowest BCUT2D eigenvalue weighted by Gasteiger charge is -2.24. The highest BCUT2D eigenvalue weighted by molar-refractivity contribution is 9.10. The fourth-order valence-corrected chi connectivity index (χ4v) is 6.11. The zero-order valence-electron chi connectivity index (χ0n) is 21.7. The van der Waals surface area contributed by atoms with Gasteiger partial charge in [0.15, 0.2) is 0 Å². The topological polar surface area (TPSA) is 74.8 Å². The zero-order chi connectivity index (χ0) is 28.7. The highest BCUT2D eigenvalue weighted by Gasteiger charge is 2.37. The summed E-state index contributed by atoms with van der Waals surface area (Å²) in [6.07, 6.45) is 0.278. The van der Waals surface area contributed by atoms with E-state index in [0.29, 0.717) is 27.6 Å². The van der Waals surface area contributed by atoms with Crippen LogP contribution in [0.2, 0.25) is 10.0 Å². The molecule has 0 saturated carbocycles. The van der Waals surface area contributed by atoms with Crippen LogP contribution in [0.5, 0.6) is 5.75 Å². The number of carbonyl (C=O) groups excluding carboxylic acids is 1. The van der Waals surface area contributed by atoms with E-state index in [2.05, 4.69) is 20.9 Å². The normalized spacial score (nSPS) is 14.8. The van der Waals surface area contributed by atoms with Crippen LogP contribution in [0.1, 0.15) is 33.9 Å². The highest BCUT2D eigenvalue weighted by Crippen LogP contribution is 2.41. The zero-order valence-corrected chi connectivity index (χ0v) is 24.8. The van der Waals surface area contributed by atoms with E-state index in [1.807, 2.05) is 72.8 Å². The SMILES string of the molecule is COc1ccccc1[C@@H]1CC(c2c(-c3ccccc3)c3cc(Br)ccc3[nH]c2=O)=NN1C(=O)c1ccc(Cl)cc1Cl. The number of nitrogens with zero attached hydrogens (tertiary/aromatic N) is 2. The third-order valence-electron chi connectivity index (χ3n) is 7.11. The summed E-state index contributed by atoms with van der Waals surface area (Å²) < 4.78 is 6.52. The van der Waals surface area contributed by atoms with Crippen molar-refractivity contribution in [2.75, 3.05) is 7.11 Å². The molecule has 2 heterocycles. The number of fused-ring (bicyclic) bond motifs is 1. The molecule has 9 heteroatoms. The average molecular weight is 647 g/mol. The molecule has 6 rings (SSSR count). The summed E-state index contributed by atoms with van der Waals surface area (Å²) in [4.78, 5) is 30.8. The van der Waals surface area contributed by atoms with Gasteiger partial charge in [-0.15, -0.1) is 0 Å². The average Bonchev–Trinajstić information content (AvgIpc) is 3.41. The van der Waals surface area contributed by atoms with Crippen LogP contribution in [0.15, 0.2) is 105 Å². The van der Waals surface area contributed by atoms with E-state index in [-0.39, 0.29) is 22.6 Å². The predicted octanol–water partition coefficient (Wildman–Crippen LogP) is 8.26. The molecule has 1 atom stereocenters. The number of pyridine rings is 1. The van der Waals surface area contributed by atoms with Gasteiger partial charge in [0.2, 0.25) is 0 Å². The third-order valence-corrected chi connectivity index (χ3v) is 8.15. The number of rotatable bonds is 5. The molecule has 0 saturated heterocycles. The summed E-state index contributed by atoms with van der Waals surface area (Å²) in [5.41, 5.74) is 3.88. The van der Waals surface area contributed by atoms with Crippen molar-refractivity contribution in [3.63, 3.8) is 0 Å². The van der Waals surface area contributed by atoms with Crippen molar-refractivity contribution in [2.24, 2.45) is 5.10 Å². The highest BCUT2D eigenvalue weighted by atomic mass is 79.9. The van der Waals surface area contributed by atoms with Gasteiger partial charge in [0.05, 0.1) is 35.0 Å². The van der Waals surface area contributed by atoms with Crippen LogP contribution >= 0.6 is 39.1 Å². The van der Waals surface area contributed by atoms with Crippen LogP contribution in [0, 0.1) is 0 Å². The van der Waals surface area contributed by atoms with E-state index in [1.165, 1.54) is 11.1 Å². The fraction of sp³-hybridized carbons (Fsp3) is 0.0938. The second kappa shape index (κ2) is 11.2. The summed E-state index contributed by atoms with van der Waals surface area (Å²) in [6, 6.07) is 27.0. The van der Waals surface area contributed by atoms with E-state index in [4.69, 9.17) is 33.0 Å². The van der Waals surface area contributed by atoms with E-state index in [1.54, 1.807) is 19.2 Å². The van der Waals surface area contributed by atoms with Gasteiger partial charge in [-0.05, 0) is 48.0 Å². The maximum Gasteiger partial charge on any atom is 0.276 e. The molecule has 0 fully saturated rings. The van der Waals surface area contributed by atoms with Crippen LogP contribution < -0.4 is 10.3 Å². The first-order valence-electron chi connectivity index (χ1n) is 12.8. The van der Waals surface area contributed by atoms with Crippen molar-refractivity contribution < 1.29 is 9.53 Å². The number of aromatic amines is 1. The number of aromatic nitrogens is 1. The van der Waals surface area contributed by atoms with Gasteiger partial charge in [0.1, 0.15) is 5.75 Å². The van der Waals surface area contributed by atoms with Crippen molar-refractivity contribution in [1.29, 1.82) is 0 Å². The van der Waals surface area contributed by atoms with E-state index >= 15 is 0 Å². The number of nitrogens with one attached hydrogen (secondary N) is 1. The minimum absolute atomic E-state index is 0.211. The van der Waals surface area contributed by atoms with E-state index in [0.717, 1.165) is 26.5 Å². The molecule has 5 aromatic rings. The standard InChI is InChI=1S/C32H22BrCl2N3O3/c1-41-28-10-6-5-9-22(28)27-17-26(37-38(27)32(40)21-13-12-20(34)16-24(21)35)30-29(18-7-3-2-4-8-18)23-15-19(33)11-14-25(23)36-31(30)39/h2-16,27H,17H2,1H3,(H,36,39)/t27-/m0/s1. The molecule has 1 amide bonds. The van der Waals surface area contributed by atoms with E-state index in [9.17, 15) is 9.59 Å². The Morgan fingerprint density at radius 1 is 0.976 bits per heavy atom. The van der Waals surface area contributed by atoms with Gasteiger partial charge in [-0.3, -0.25) is 9.59 Å². The van der Waals surface area contributed by atoms with E-state index < -0.39 is 11.9 Å². The number of H-pyrrole nitrogens is 1. The lowest BCUT2D eigenvalue weighted by Crippen LogP contribution is -2.27. The quantitative estimate of drug-likeness (QED) is 0.209. The summed E-state index contributed by atoms with van der Waals surface area (Å²) >= 11 is 16.1. The first-order valence-corrected chi connectivity index (χ1v) is 14.3. The molecule has 4 aromatic carbocycles. The Balaban J connectivity index is 1.59. The summed E-state index contributed by atoms with van der Waals surface area (Å²) in [5, 5.41) is 7.70. The molecule has 1 aliphatic heterocycles. The Morgan fingerprint density at radius 3 is 2.49 bits per heavy atom. The maximum atomic E-state index is 14.0. The molecule has 1 aromatic heterocycles. The molecule has 204 valence electrons.